The van der Waals surface area contributed by atoms with E-state index in [-0.39, 0.29) is 11.9 Å². The van der Waals surface area contributed by atoms with Gasteiger partial charge < -0.3 is 5.32 Å². The SMILES string of the molecule is CC(C(=O)Nc1ccc(Cl)cc1)N1CCCCCCC1. The molecule has 4 heteroatoms. The van der Waals surface area contributed by atoms with E-state index >= 15 is 0 Å². The Hall–Kier alpha value is -1.06. The molecule has 0 aromatic heterocycles. The van der Waals surface area contributed by atoms with E-state index < -0.39 is 0 Å². The van der Waals surface area contributed by atoms with Crippen LogP contribution in [0.25, 0.3) is 0 Å². The maximum atomic E-state index is 12.3. The van der Waals surface area contributed by atoms with Crippen molar-refractivity contribution in [3.63, 3.8) is 0 Å². The molecule has 1 saturated heterocycles. The van der Waals surface area contributed by atoms with E-state index in [0.717, 1.165) is 18.8 Å². The highest BCUT2D eigenvalue weighted by molar-refractivity contribution is 6.30. The van der Waals surface area contributed by atoms with Crippen molar-refractivity contribution in [3.05, 3.63) is 29.3 Å². The summed E-state index contributed by atoms with van der Waals surface area (Å²) in [6.45, 7) is 4.04. The van der Waals surface area contributed by atoms with Gasteiger partial charge in [-0.2, -0.15) is 0 Å². The Morgan fingerprint density at radius 1 is 1.10 bits per heavy atom. The Kier molecular flexibility index (Phi) is 5.86. The third-order valence-corrected chi connectivity index (χ3v) is 4.18. The standard InChI is InChI=1S/C16H23ClN2O/c1-13(19-11-5-3-2-4-6-12-19)16(20)18-15-9-7-14(17)8-10-15/h7-10,13H,2-6,11-12H2,1H3,(H,18,20). The number of nitrogens with zero attached hydrogens (tertiary/aromatic N) is 1. The number of likely N-dealkylation sites (tertiary alicyclic amines) is 1. The third-order valence-electron chi connectivity index (χ3n) is 3.93. The van der Waals surface area contributed by atoms with Crippen molar-refractivity contribution in [1.82, 2.24) is 4.90 Å². The van der Waals surface area contributed by atoms with Crippen molar-refractivity contribution in [3.8, 4) is 0 Å². The summed E-state index contributed by atoms with van der Waals surface area (Å²) in [4.78, 5) is 14.6. The predicted molar refractivity (Wildman–Crippen MR) is 84.2 cm³/mol. The molecule has 1 heterocycles. The minimum Gasteiger partial charge on any atom is -0.325 e. The molecule has 1 aromatic carbocycles. The first-order valence-electron chi connectivity index (χ1n) is 7.47. The van der Waals surface area contributed by atoms with Crippen molar-refractivity contribution >= 4 is 23.2 Å². The van der Waals surface area contributed by atoms with E-state index in [9.17, 15) is 4.79 Å². The quantitative estimate of drug-likeness (QED) is 0.916. The van der Waals surface area contributed by atoms with Crippen LogP contribution in [-0.4, -0.2) is 29.9 Å². The molecule has 1 aliphatic heterocycles. The van der Waals surface area contributed by atoms with Crippen LogP contribution >= 0.6 is 11.6 Å². The van der Waals surface area contributed by atoms with E-state index in [1.54, 1.807) is 12.1 Å². The monoisotopic (exact) mass is 294 g/mol. The van der Waals surface area contributed by atoms with E-state index in [0.29, 0.717) is 5.02 Å². The molecule has 20 heavy (non-hydrogen) atoms. The van der Waals surface area contributed by atoms with Crippen molar-refractivity contribution in [2.75, 3.05) is 18.4 Å². The lowest BCUT2D eigenvalue weighted by Gasteiger charge is -2.29. The van der Waals surface area contributed by atoms with Crippen molar-refractivity contribution in [1.29, 1.82) is 0 Å². The lowest BCUT2D eigenvalue weighted by Crippen LogP contribution is -2.43. The van der Waals surface area contributed by atoms with Gasteiger partial charge in [0.15, 0.2) is 0 Å². The molecule has 1 amide bonds. The molecule has 0 spiro atoms. The molecule has 1 atom stereocenters. The molecule has 2 rings (SSSR count). The highest BCUT2D eigenvalue weighted by Crippen LogP contribution is 2.16. The van der Waals surface area contributed by atoms with Gasteiger partial charge in [-0.05, 0) is 57.1 Å². The molecule has 1 unspecified atom stereocenters. The molecular formula is C16H23ClN2O. The zero-order chi connectivity index (χ0) is 14.4. The van der Waals surface area contributed by atoms with E-state index in [2.05, 4.69) is 10.2 Å². The summed E-state index contributed by atoms with van der Waals surface area (Å²) in [6, 6.07) is 7.17. The van der Waals surface area contributed by atoms with Crippen molar-refractivity contribution in [2.24, 2.45) is 0 Å². The maximum absolute atomic E-state index is 12.3. The van der Waals surface area contributed by atoms with Gasteiger partial charge in [-0.1, -0.05) is 30.9 Å². The van der Waals surface area contributed by atoms with Gasteiger partial charge in [-0.15, -0.1) is 0 Å². The molecule has 1 fully saturated rings. The molecule has 0 radical (unpaired) electrons. The molecule has 0 bridgehead atoms. The molecule has 1 aliphatic rings. The average molecular weight is 295 g/mol. The van der Waals surface area contributed by atoms with Crippen LogP contribution < -0.4 is 5.32 Å². The number of nitrogens with one attached hydrogen (secondary N) is 1. The zero-order valence-electron chi connectivity index (χ0n) is 12.1. The molecule has 110 valence electrons. The highest BCUT2D eigenvalue weighted by atomic mass is 35.5. The lowest BCUT2D eigenvalue weighted by molar-refractivity contribution is -0.120. The van der Waals surface area contributed by atoms with Gasteiger partial charge in [-0.25, -0.2) is 0 Å². The number of hydrogen-bond acceptors (Lipinski definition) is 2. The summed E-state index contributed by atoms with van der Waals surface area (Å²) in [5.74, 6) is 0.0629. The topological polar surface area (TPSA) is 32.3 Å². The summed E-state index contributed by atoms with van der Waals surface area (Å²) in [5.41, 5.74) is 0.804. The Labute approximate surface area is 126 Å². The highest BCUT2D eigenvalue weighted by Gasteiger charge is 2.21. The van der Waals surface area contributed by atoms with Crippen LogP contribution in [0.3, 0.4) is 0 Å². The van der Waals surface area contributed by atoms with Crippen LogP contribution in [0.15, 0.2) is 24.3 Å². The third kappa shape index (κ3) is 4.50. The molecule has 1 aromatic rings. The summed E-state index contributed by atoms with van der Waals surface area (Å²) in [5, 5.41) is 3.64. The molecular weight excluding hydrogens is 272 g/mol. The van der Waals surface area contributed by atoms with Crippen LogP contribution in [0.1, 0.15) is 39.0 Å². The summed E-state index contributed by atoms with van der Waals surface area (Å²) in [6.07, 6.45) is 6.28. The summed E-state index contributed by atoms with van der Waals surface area (Å²) in [7, 11) is 0. The van der Waals surface area contributed by atoms with Crippen molar-refractivity contribution < 1.29 is 4.79 Å². The van der Waals surface area contributed by atoms with Gasteiger partial charge in [-0.3, -0.25) is 9.69 Å². The largest absolute Gasteiger partial charge is 0.325 e. The fraction of sp³-hybridized carbons (Fsp3) is 0.562. The van der Waals surface area contributed by atoms with Crippen LogP contribution in [0.5, 0.6) is 0 Å². The fourth-order valence-corrected chi connectivity index (χ4v) is 2.73. The zero-order valence-corrected chi connectivity index (χ0v) is 12.8. The number of rotatable bonds is 3. The van der Waals surface area contributed by atoms with Gasteiger partial charge in [0.05, 0.1) is 6.04 Å². The summed E-state index contributed by atoms with van der Waals surface area (Å²) < 4.78 is 0. The van der Waals surface area contributed by atoms with Gasteiger partial charge in [0.1, 0.15) is 0 Å². The molecule has 0 aliphatic carbocycles. The number of halogens is 1. The Morgan fingerprint density at radius 3 is 2.25 bits per heavy atom. The number of amides is 1. The first-order chi connectivity index (χ1) is 9.66. The van der Waals surface area contributed by atoms with Crippen molar-refractivity contribution in [2.45, 2.75) is 45.1 Å². The Bertz CT molecular complexity index is 425. The van der Waals surface area contributed by atoms with Crippen LogP contribution in [0.2, 0.25) is 5.02 Å². The first kappa shape index (κ1) is 15.3. The van der Waals surface area contributed by atoms with Gasteiger partial charge in [0, 0.05) is 10.7 Å². The first-order valence-corrected chi connectivity index (χ1v) is 7.85. The number of benzene rings is 1. The number of carbonyl (C=O) groups excluding carboxylic acids is 1. The molecule has 0 saturated carbocycles. The van der Waals surface area contributed by atoms with Gasteiger partial charge in [0.25, 0.3) is 0 Å². The fourth-order valence-electron chi connectivity index (χ4n) is 2.60. The van der Waals surface area contributed by atoms with Gasteiger partial charge in [0.2, 0.25) is 5.91 Å². The second-order valence-corrected chi connectivity index (χ2v) is 5.91. The maximum Gasteiger partial charge on any atom is 0.241 e. The van der Waals surface area contributed by atoms with E-state index in [1.165, 1.54) is 32.1 Å². The second-order valence-electron chi connectivity index (χ2n) is 5.48. The average Bonchev–Trinajstić information content (AvgIpc) is 2.40. The summed E-state index contributed by atoms with van der Waals surface area (Å²) >= 11 is 5.85. The van der Waals surface area contributed by atoms with Crippen LogP contribution in [0, 0.1) is 0 Å². The number of anilines is 1. The van der Waals surface area contributed by atoms with Gasteiger partial charge >= 0.3 is 0 Å². The lowest BCUT2D eigenvalue weighted by atomic mass is 10.1. The van der Waals surface area contributed by atoms with E-state index in [1.807, 2.05) is 19.1 Å². The Balaban J connectivity index is 1.91. The van der Waals surface area contributed by atoms with E-state index in [4.69, 9.17) is 11.6 Å². The minimum absolute atomic E-state index is 0.0629. The molecule has 1 N–H and O–H groups in total. The Morgan fingerprint density at radius 2 is 1.65 bits per heavy atom. The number of hydrogen-bond donors (Lipinski definition) is 1. The molecule has 3 nitrogen and oxygen atoms in total. The van der Waals surface area contributed by atoms with Crippen LogP contribution in [0.4, 0.5) is 5.69 Å². The second kappa shape index (κ2) is 7.65. The van der Waals surface area contributed by atoms with Crippen LogP contribution in [-0.2, 0) is 4.79 Å². The number of carbonyl (C=O) groups is 1. The predicted octanol–water partition coefficient (Wildman–Crippen LogP) is 3.93. The minimum atomic E-state index is -0.0798. The normalized spacial score (nSPS) is 18.9. The smallest absolute Gasteiger partial charge is 0.241 e.